The molecule has 1 aromatic carbocycles. The van der Waals surface area contributed by atoms with Crippen LogP contribution in [0.3, 0.4) is 0 Å². The average Bonchev–Trinajstić information content (AvgIpc) is 2.65. The summed E-state index contributed by atoms with van der Waals surface area (Å²) in [5.41, 5.74) is 3.01. The molecule has 0 radical (unpaired) electrons. The molecule has 0 fully saturated rings. The van der Waals surface area contributed by atoms with Gasteiger partial charge in [-0.3, -0.25) is 5.10 Å². The summed E-state index contributed by atoms with van der Waals surface area (Å²) >= 11 is 6.10. The van der Waals surface area contributed by atoms with Crippen LogP contribution in [0.5, 0.6) is 5.75 Å². The van der Waals surface area contributed by atoms with E-state index in [1.165, 1.54) is 0 Å². The Bertz CT molecular complexity index is 627. The first-order valence-electron chi connectivity index (χ1n) is 5.20. The molecule has 1 aliphatic heterocycles. The van der Waals surface area contributed by atoms with Crippen LogP contribution in [-0.2, 0) is 6.42 Å². The first kappa shape index (κ1) is 10.2. The van der Waals surface area contributed by atoms with Gasteiger partial charge in [-0.05, 0) is 12.1 Å². The SMILES string of the molecule is N#Cc1n[nH]c2c1CCOc1c(Cl)cccc1-2. The molecule has 0 unspecified atom stereocenters. The molecule has 0 amide bonds. The van der Waals surface area contributed by atoms with Crippen molar-refractivity contribution in [1.82, 2.24) is 10.2 Å². The molecule has 5 heteroatoms. The number of hydrogen-bond donors (Lipinski definition) is 1. The van der Waals surface area contributed by atoms with E-state index in [2.05, 4.69) is 16.3 Å². The number of hydrogen-bond acceptors (Lipinski definition) is 3. The topological polar surface area (TPSA) is 61.7 Å². The first-order chi connectivity index (χ1) is 8.31. The molecule has 0 saturated carbocycles. The van der Waals surface area contributed by atoms with Crippen molar-refractivity contribution in [3.05, 3.63) is 34.5 Å². The van der Waals surface area contributed by atoms with Crippen molar-refractivity contribution < 1.29 is 4.74 Å². The van der Waals surface area contributed by atoms with Gasteiger partial charge in [-0.15, -0.1) is 0 Å². The van der Waals surface area contributed by atoms with Crippen LogP contribution < -0.4 is 4.74 Å². The number of nitriles is 1. The number of H-pyrrole nitrogens is 1. The Morgan fingerprint density at radius 1 is 1.47 bits per heavy atom. The standard InChI is InChI=1S/C12H8ClN3O/c13-9-3-1-2-8-11-7(4-5-17-12(8)9)10(6-14)15-16-11/h1-3H,4-5H2,(H,15,16). The fraction of sp³-hybridized carbons (Fsp3) is 0.167. The van der Waals surface area contributed by atoms with Gasteiger partial charge >= 0.3 is 0 Å². The highest BCUT2D eigenvalue weighted by Gasteiger charge is 2.22. The number of rotatable bonds is 0. The second kappa shape index (κ2) is 3.79. The van der Waals surface area contributed by atoms with E-state index in [0.29, 0.717) is 29.5 Å². The molecule has 17 heavy (non-hydrogen) atoms. The minimum atomic E-state index is 0.427. The van der Waals surface area contributed by atoms with E-state index in [1.807, 2.05) is 12.1 Å². The number of nitrogens with zero attached hydrogens (tertiary/aromatic N) is 2. The monoisotopic (exact) mass is 245 g/mol. The van der Waals surface area contributed by atoms with E-state index in [4.69, 9.17) is 21.6 Å². The molecular formula is C12H8ClN3O. The summed E-state index contributed by atoms with van der Waals surface area (Å²) < 4.78 is 5.63. The van der Waals surface area contributed by atoms with Gasteiger partial charge in [0.2, 0.25) is 0 Å². The molecule has 4 nitrogen and oxygen atoms in total. The van der Waals surface area contributed by atoms with Crippen LogP contribution in [0, 0.1) is 11.3 Å². The molecule has 0 atom stereocenters. The molecule has 0 spiro atoms. The van der Waals surface area contributed by atoms with Gasteiger partial charge in [-0.25, -0.2) is 0 Å². The van der Waals surface area contributed by atoms with Crippen molar-refractivity contribution in [2.24, 2.45) is 0 Å². The average molecular weight is 246 g/mol. The Labute approximate surface area is 103 Å². The van der Waals surface area contributed by atoms with Crippen molar-refractivity contribution in [3.8, 4) is 23.1 Å². The maximum atomic E-state index is 8.98. The van der Waals surface area contributed by atoms with E-state index in [9.17, 15) is 0 Å². The van der Waals surface area contributed by atoms with Gasteiger partial charge in [0.15, 0.2) is 5.69 Å². The first-order valence-corrected chi connectivity index (χ1v) is 5.58. The molecule has 84 valence electrons. The van der Waals surface area contributed by atoms with E-state index in [-0.39, 0.29) is 0 Å². The van der Waals surface area contributed by atoms with Crippen LogP contribution in [-0.4, -0.2) is 16.8 Å². The lowest BCUT2D eigenvalue weighted by molar-refractivity contribution is 0.326. The summed E-state index contributed by atoms with van der Waals surface area (Å²) in [7, 11) is 0. The maximum absolute atomic E-state index is 8.98. The predicted octanol–water partition coefficient (Wildman–Crippen LogP) is 2.54. The molecule has 1 aromatic heterocycles. The third-order valence-corrected chi connectivity index (χ3v) is 3.11. The zero-order valence-corrected chi connectivity index (χ0v) is 9.58. The summed E-state index contributed by atoms with van der Waals surface area (Å²) in [5, 5.41) is 16.4. The molecule has 1 N–H and O–H groups in total. The Morgan fingerprint density at radius 3 is 3.18 bits per heavy atom. The van der Waals surface area contributed by atoms with E-state index >= 15 is 0 Å². The number of aromatic nitrogens is 2. The lowest BCUT2D eigenvalue weighted by atomic mass is 10.0. The van der Waals surface area contributed by atoms with Gasteiger partial charge in [0.25, 0.3) is 0 Å². The lowest BCUT2D eigenvalue weighted by Gasteiger charge is -2.08. The number of nitrogens with one attached hydrogen (secondary N) is 1. The van der Waals surface area contributed by atoms with Crippen molar-refractivity contribution in [2.45, 2.75) is 6.42 Å². The van der Waals surface area contributed by atoms with E-state index < -0.39 is 0 Å². The van der Waals surface area contributed by atoms with Crippen LogP contribution in [0.4, 0.5) is 0 Å². The van der Waals surface area contributed by atoms with Crippen LogP contribution in [0.2, 0.25) is 5.02 Å². The van der Waals surface area contributed by atoms with Gasteiger partial charge in [0.05, 0.1) is 17.3 Å². The number of ether oxygens (including phenoxy) is 1. The molecular weight excluding hydrogens is 238 g/mol. The lowest BCUT2D eigenvalue weighted by Crippen LogP contribution is -2.00. The van der Waals surface area contributed by atoms with Crippen LogP contribution in [0.15, 0.2) is 18.2 Å². The van der Waals surface area contributed by atoms with Gasteiger partial charge in [-0.1, -0.05) is 17.7 Å². The maximum Gasteiger partial charge on any atom is 0.166 e. The second-order valence-electron chi connectivity index (χ2n) is 3.75. The number of halogens is 1. The predicted molar refractivity (Wildman–Crippen MR) is 62.9 cm³/mol. The molecule has 1 aliphatic rings. The fourth-order valence-electron chi connectivity index (χ4n) is 2.03. The minimum Gasteiger partial charge on any atom is -0.491 e. The molecule has 2 aromatic rings. The number of benzene rings is 1. The molecule has 0 bridgehead atoms. The highest BCUT2D eigenvalue weighted by Crippen LogP contribution is 2.39. The van der Waals surface area contributed by atoms with Crippen molar-refractivity contribution in [3.63, 3.8) is 0 Å². The summed E-state index contributed by atoms with van der Waals surface area (Å²) in [6.45, 7) is 0.498. The highest BCUT2D eigenvalue weighted by molar-refractivity contribution is 6.32. The minimum absolute atomic E-state index is 0.427. The van der Waals surface area contributed by atoms with Crippen LogP contribution in [0.25, 0.3) is 11.3 Å². The third kappa shape index (κ3) is 1.48. The van der Waals surface area contributed by atoms with Crippen molar-refractivity contribution in [2.75, 3.05) is 6.61 Å². The van der Waals surface area contributed by atoms with Crippen molar-refractivity contribution in [1.29, 1.82) is 5.26 Å². The zero-order valence-electron chi connectivity index (χ0n) is 8.83. The van der Waals surface area contributed by atoms with Crippen LogP contribution >= 0.6 is 11.6 Å². The number of aromatic amines is 1. The zero-order chi connectivity index (χ0) is 11.8. The van der Waals surface area contributed by atoms with Crippen LogP contribution in [0.1, 0.15) is 11.3 Å². The number of para-hydroxylation sites is 1. The molecule has 0 saturated heterocycles. The normalized spacial score (nSPS) is 12.9. The smallest absolute Gasteiger partial charge is 0.166 e. The summed E-state index contributed by atoms with van der Waals surface area (Å²) in [4.78, 5) is 0. The summed E-state index contributed by atoms with van der Waals surface area (Å²) in [6.07, 6.45) is 0.653. The number of fused-ring (bicyclic) bond motifs is 3. The Balaban J connectivity index is 2.29. The second-order valence-corrected chi connectivity index (χ2v) is 4.16. The third-order valence-electron chi connectivity index (χ3n) is 2.81. The van der Waals surface area contributed by atoms with Crippen molar-refractivity contribution >= 4 is 11.6 Å². The van der Waals surface area contributed by atoms with Gasteiger partial charge in [0.1, 0.15) is 11.8 Å². The van der Waals surface area contributed by atoms with Gasteiger partial charge < -0.3 is 4.74 Å². The largest absolute Gasteiger partial charge is 0.491 e. The van der Waals surface area contributed by atoms with Gasteiger partial charge in [-0.2, -0.15) is 10.4 Å². The summed E-state index contributed by atoms with van der Waals surface area (Å²) in [6, 6.07) is 7.62. The molecule has 0 aliphatic carbocycles. The molecule has 2 heterocycles. The Morgan fingerprint density at radius 2 is 2.35 bits per heavy atom. The fourth-order valence-corrected chi connectivity index (χ4v) is 2.26. The van der Waals surface area contributed by atoms with E-state index in [1.54, 1.807) is 6.07 Å². The summed E-state index contributed by atoms with van der Waals surface area (Å²) in [5.74, 6) is 0.654. The van der Waals surface area contributed by atoms with Gasteiger partial charge in [0, 0.05) is 17.5 Å². The van der Waals surface area contributed by atoms with E-state index in [0.717, 1.165) is 16.8 Å². The highest BCUT2D eigenvalue weighted by atomic mass is 35.5. The Kier molecular flexibility index (Phi) is 2.27. The molecule has 3 rings (SSSR count). The Hall–Kier alpha value is -1.99. The quantitative estimate of drug-likeness (QED) is 0.776.